The summed E-state index contributed by atoms with van der Waals surface area (Å²) in [5.41, 5.74) is 0. The number of nitrogens with zero attached hydrogens (tertiary/aromatic N) is 1. The van der Waals surface area contributed by atoms with E-state index in [-0.39, 0.29) is 54.4 Å². The minimum absolute atomic E-state index is 0.0182. The van der Waals surface area contributed by atoms with Gasteiger partial charge in [0.15, 0.2) is 0 Å². The van der Waals surface area contributed by atoms with Gasteiger partial charge in [0.1, 0.15) is 18.9 Å². The molecule has 40 heavy (non-hydrogen) atoms. The fourth-order valence-corrected chi connectivity index (χ4v) is 10.1. The molecule has 7 fully saturated rings. The summed E-state index contributed by atoms with van der Waals surface area (Å²) in [6.07, 6.45) is 8.18. The van der Waals surface area contributed by atoms with Gasteiger partial charge in [-0.15, -0.1) is 0 Å². The zero-order valence-corrected chi connectivity index (χ0v) is 24.2. The van der Waals surface area contributed by atoms with Crippen LogP contribution < -0.4 is 10.6 Å². The molecule has 0 radical (unpaired) electrons. The van der Waals surface area contributed by atoms with Gasteiger partial charge in [0, 0.05) is 38.6 Å². The molecule has 4 aliphatic heterocycles. The van der Waals surface area contributed by atoms with Crippen molar-refractivity contribution in [3.8, 4) is 0 Å². The summed E-state index contributed by atoms with van der Waals surface area (Å²) in [6, 6.07) is 1.13. The first-order valence-corrected chi connectivity index (χ1v) is 15.9. The van der Waals surface area contributed by atoms with Crippen molar-refractivity contribution >= 4 is 11.8 Å². The molecule has 2 amide bonds. The van der Waals surface area contributed by atoms with Crippen LogP contribution in [-0.2, 0) is 33.3 Å². The van der Waals surface area contributed by atoms with Crippen molar-refractivity contribution in [1.29, 1.82) is 0 Å². The monoisotopic (exact) mass is 562 g/mol. The number of hydrogen-bond acceptors (Lipinski definition) is 7. The Balaban J connectivity index is 1.01. The summed E-state index contributed by atoms with van der Waals surface area (Å²) in [5.74, 6) is 1.45. The Morgan fingerprint density at radius 2 is 1.82 bits per heavy atom. The van der Waals surface area contributed by atoms with E-state index in [9.17, 15) is 9.59 Å². The highest BCUT2D eigenvalue weighted by molar-refractivity contribution is 5.83. The molecule has 4 saturated heterocycles. The quantitative estimate of drug-likeness (QED) is 0.487. The standard InChI is InChI=1S/C30H47N3O7/c1-15(29(34)32-16-4-8-22-24(12-16)39-14-38-22)40-17-5-7-21-20(13-17)18-10-11-31-26-19-6-9-23(36-2)28(37-3)25(19)30(35)33(21)27(18)26/h15-28,31H,4-14H2,1-3H3,(H,32,34)/p+1. The largest absolute Gasteiger partial charge is 0.379 e. The van der Waals surface area contributed by atoms with Crippen LogP contribution in [0.1, 0.15) is 64.7 Å². The van der Waals surface area contributed by atoms with E-state index in [4.69, 9.17) is 23.7 Å². The van der Waals surface area contributed by atoms with Crippen molar-refractivity contribution in [2.45, 2.75) is 126 Å². The first kappa shape index (κ1) is 27.5. The van der Waals surface area contributed by atoms with Gasteiger partial charge in [0.05, 0.1) is 49.0 Å². The summed E-state index contributed by atoms with van der Waals surface area (Å²) in [7, 11) is 3.48. The maximum atomic E-state index is 14.2. The third kappa shape index (κ3) is 4.52. The third-order valence-electron chi connectivity index (χ3n) is 11.8. The molecule has 3 N–H and O–H groups in total. The summed E-state index contributed by atoms with van der Waals surface area (Å²) in [6.45, 7) is 3.37. The lowest BCUT2D eigenvalue weighted by Crippen LogP contribution is -2.99. The van der Waals surface area contributed by atoms with E-state index < -0.39 is 6.10 Å². The lowest BCUT2D eigenvalue weighted by Gasteiger charge is -2.53. The number of carbonyl (C=O) groups excluding carboxylic acids is 2. The highest BCUT2D eigenvalue weighted by Gasteiger charge is 2.66. The summed E-state index contributed by atoms with van der Waals surface area (Å²) >= 11 is 0. The Hall–Kier alpha value is -1.30. The van der Waals surface area contributed by atoms with E-state index in [1.807, 2.05) is 6.92 Å². The number of ether oxygens (including phenoxy) is 5. The minimum Gasteiger partial charge on any atom is -0.379 e. The molecule has 0 aromatic carbocycles. The second-order valence-electron chi connectivity index (χ2n) is 13.5. The van der Waals surface area contributed by atoms with Crippen LogP contribution in [-0.4, -0.2) is 105 Å². The molecule has 7 rings (SSSR count). The van der Waals surface area contributed by atoms with Gasteiger partial charge in [0.25, 0.3) is 0 Å². The predicted octanol–water partition coefficient (Wildman–Crippen LogP) is 0.572. The maximum absolute atomic E-state index is 14.2. The molecule has 10 heteroatoms. The number of quaternary nitrogens is 1. The number of piperidine rings is 2. The van der Waals surface area contributed by atoms with Crippen LogP contribution in [0.5, 0.6) is 0 Å². The number of hydrogen-bond donors (Lipinski definition) is 2. The Morgan fingerprint density at radius 1 is 0.975 bits per heavy atom. The molecule has 0 bridgehead atoms. The first-order chi connectivity index (χ1) is 19.5. The van der Waals surface area contributed by atoms with E-state index in [1.165, 1.54) is 0 Å². The number of carbonyl (C=O) groups is 2. The normalized spacial score (nSPS) is 48.5. The van der Waals surface area contributed by atoms with Crippen LogP contribution in [0, 0.1) is 23.7 Å². The summed E-state index contributed by atoms with van der Waals surface area (Å²) in [4.78, 5) is 29.7. The van der Waals surface area contributed by atoms with Gasteiger partial charge >= 0.3 is 0 Å². The summed E-state index contributed by atoms with van der Waals surface area (Å²) < 4.78 is 29.5. The molecular weight excluding hydrogens is 514 g/mol. The molecule has 3 aliphatic carbocycles. The van der Waals surface area contributed by atoms with E-state index >= 15 is 0 Å². The van der Waals surface area contributed by atoms with Crippen molar-refractivity contribution in [2.24, 2.45) is 23.7 Å². The van der Waals surface area contributed by atoms with E-state index in [2.05, 4.69) is 15.5 Å². The molecular formula is C30H48N3O7+. The van der Waals surface area contributed by atoms with Gasteiger partial charge in [0.2, 0.25) is 11.8 Å². The smallest absolute Gasteiger partial charge is 0.249 e. The second-order valence-corrected chi connectivity index (χ2v) is 13.5. The maximum Gasteiger partial charge on any atom is 0.249 e. The highest BCUT2D eigenvalue weighted by Crippen LogP contribution is 2.53. The topological polar surface area (TPSA) is 112 Å². The molecule has 7 aliphatic rings. The zero-order valence-electron chi connectivity index (χ0n) is 24.2. The van der Waals surface area contributed by atoms with Crippen molar-refractivity contribution in [1.82, 2.24) is 10.2 Å². The Kier molecular flexibility index (Phi) is 7.62. The van der Waals surface area contributed by atoms with Crippen LogP contribution >= 0.6 is 0 Å². The average molecular weight is 563 g/mol. The Bertz CT molecular complexity index is 968. The number of fused-ring (bicyclic) bond motifs is 6. The zero-order chi connectivity index (χ0) is 27.5. The second kappa shape index (κ2) is 11.1. The van der Waals surface area contributed by atoms with Gasteiger partial charge < -0.3 is 39.2 Å². The van der Waals surface area contributed by atoms with Crippen LogP contribution in [0.2, 0.25) is 0 Å². The minimum atomic E-state index is -0.491. The van der Waals surface area contributed by atoms with Gasteiger partial charge in [-0.2, -0.15) is 0 Å². The number of rotatable bonds is 6. The van der Waals surface area contributed by atoms with Crippen LogP contribution in [0.4, 0.5) is 0 Å². The van der Waals surface area contributed by atoms with Crippen LogP contribution in [0.15, 0.2) is 0 Å². The third-order valence-corrected chi connectivity index (χ3v) is 11.8. The van der Waals surface area contributed by atoms with E-state index in [0.717, 1.165) is 64.3 Å². The highest BCUT2D eigenvalue weighted by atomic mass is 16.7. The van der Waals surface area contributed by atoms with Gasteiger partial charge in [-0.1, -0.05) is 0 Å². The molecule has 3 saturated carbocycles. The van der Waals surface area contributed by atoms with Gasteiger partial charge in [-0.25, -0.2) is 0 Å². The number of nitrogens with two attached hydrogens (primary N) is 1. The van der Waals surface area contributed by atoms with Crippen molar-refractivity contribution in [2.75, 3.05) is 27.6 Å². The van der Waals surface area contributed by atoms with Crippen molar-refractivity contribution in [3.63, 3.8) is 0 Å². The first-order valence-electron chi connectivity index (χ1n) is 15.9. The molecule has 0 spiro atoms. The fourth-order valence-electron chi connectivity index (χ4n) is 10.1. The SMILES string of the molecule is COC1CCC2C3[NH2+]CCC4C5CC(OC(C)C(=O)NC6CCC7OCOC7C6)CCC5N(C(=O)C2C1OC)C43. The van der Waals surface area contributed by atoms with Crippen molar-refractivity contribution < 1.29 is 38.6 Å². The van der Waals surface area contributed by atoms with Gasteiger partial charge in [-0.05, 0) is 70.1 Å². The summed E-state index contributed by atoms with van der Waals surface area (Å²) in [5, 5.41) is 5.75. The Morgan fingerprint density at radius 3 is 2.65 bits per heavy atom. The molecule has 10 nitrogen and oxygen atoms in total. The van der Waals surface area contributed by atoms with E-state index in [1.54, 1.807) is 14.2 Å². The van der Waals surface area contributed by atoms with Crippen LogP contribution in [0.25, 0.3) is 0 Å². The number of nitrogens with one attached hydrogen (secondary N) is 1. The average Bonchev–Trinajstić information content (AvgIpc) is 3.57. The predicted molar refractivity (Wildman–Crippen MR) is 143 cm³/mol. The number of methoxy groups -OCH3 is 2. The molecule has 14 unspecified atom stereocenters. The lowest BCUT2D eigenvalue weighted by atomic mass is 9.64. The molecule has 4 heterocycles. The molecule has 14 atom stereocenters. The Labute approximate surface area is 237 Å². The number of amides is 2. The van der Waals surface area contributed by atoms with Crippen molar-refractivity contribution in [3.05, 3.63) is 0 Å². The van der Waals surface area contributed by atoms with Gasteiger partial charge in [-0.3, -0.25) is 9.59 Å². The van der Waals surface area contributed by atoms with E-state index in [0.29, 0.717) is 42.5 Å². The molecule has 0 aromatic rings. The molecule has 224 valence electrons. The van der Waals surface area contributed by atoms with Crippen LogP contribution in [0.3, 0.4) is 0 Å². The lowest BCUT2D eigenvalue weighted by molar-refractivity contribution is -0.713. The molecule has 0 aromatic heterocycles. The fraction of sp³-hybridized carbons (Fsp3) is 0.933.